The number of unbranched alkanes of at least 4 members (excludes halogenated alkanes) is 1. The smallest absolute Gasteiger partial charge is 0.133 e. The van der Waals surface area contributed by atoms with Gasteiger partial charge in [-0.25, -0.2) is 0 Å². The van der Waals surface area contributed by atoms with Crippen molar-refractivity contribution in [1.82, 2.24) is 0 Å². The van der Waals surface area contributed by atoms with Crippen LogP contribution in [-0.2, 0) is 4.79 Å². The highest BCUT2D eigenvalue weighted by atomic mass is 16.1. The van der Waals surface area contributed by atoms with Crippen LogP contribution in [0.3, 0.4) is 0 Å². The number of rotatable bonds is 7. The largest absolute Gasteiger partial charge is 0.300 e. The van der Waals surface area contributed by atoms with Gasteiger partial charge in [0.1, 0.15) is 5.78 Å². The average molecular weight is 208 g/mol. The molecule has 15 heavy (non-hydrogen) atoms. The highest BCUT2D eigenvalue weighted by molar-refractivity contribution is 5.78. The van der Waals surface area contributed by atoms with Gasteiger partial charge < -0.3 is 0 Å². The predicted molar refractivity (Wildman–Crippen MR) is 66.9 cm³/mol. The summed E-state index contributed by atoms with van der Waals surface area (Å²) in [4.78, 5) is 11.3. The molecule has 1 atom stereocenters. The van der Waals surface area contributed by atoms with Crippen molar-refractivity contribution in [1.29, 1.82) is 0 Å². The van der Waals surface area contributed by atoms with Gasteiger partial charge in [0.2, 0.25) is 0 Å². The number of allylic oxidation sites excluding steroid dienone is 4. The first-order valence-corrected chi connectivity index (χ1v) is 5.97. The van der Waals surface area contributed by atoms with E-state index in [0.29, 0.717) is 5.78 Å². The molecule has 0 amide bonds. The molecule has 0 aromatic rings. The minimum Gasteiger partial charge on any atom is -0.300 e. The molecule has 1 nitrogen and oxygen atoms in total. The van der Waals surface area contributed by atoms with Crippen LogP contribution in [0.25, 0.3) is 0 Å². The zero-order valence-corrected chi connectivity index (χ0v) is 10.5. The molecule has 0 rings (SSSR count). The Kier molecular flexibility index (Phi) is 7.98. The predicted octanol–water partition coefficient (Wildman–Crippen LogP) is 4.29. The second-order valence-electron chi connectivity index (χ2n) is 3.99. The van der Waals surface area contributed by atoms with E-state index >= 15 is 0 Å². The van der Waals surface area contributed by atoms with Gasteiger partial charge in [-0.1, -0.05) is 44.1 Å². The van der Waals surface area contributed by atoms with Crippen LogP contribution in [0.5, 0.6) is 0 Å². The van der Waals surface area contributed by atoms with Gasteiger partial charge in [-0.2, -0.15) is 0 Å². The lowest BCUT2D eigenvalue weighted by Gasteiger charge is -2.11. The standard InChI is InChI=1S/C14H24O/c1-5-8-10-13(9-6-2)11-14(7-3)12(4)15/h6,9-10,14H,5,7-8,11H2,1-4H3. The molecule has 0 aliphatic heterocycles. The van der Waals surface area contributed by atoms with Crippen molar-refractivity contribution < 1.29 is 4.79 Å². The molecule has 0 aromatic carbocycles. The van der Waals surface area contributed by atoms with E-state index in [1.807, 2.05) is 13.0 Å². The Hall–Kier alpha value is -0.850. The summed E-state index contributed by atoms with van der Waals surface area (Å²) in [5, 5.41) is 0. The van der Waals surface area contributed by atoms with Crippen molar-refractivity contribution in [3.05, 3.63) is 23.8 Å². The maximum absolute atomic E-state index is 11.3. The summed E-state index contributed by atoms with van der Waals surface area (Å²) in [5.41, 5.74) is 1.31. The first kappa shape index (κ1) is 14.2. The van der Waals surface area contributed by atoms with Crippen LogP contribution in [0.2, 0.25) is 0 Å². The molecule has 0 saturated heterocycles. The topological polar surface area (TPSA) is 17.1 Å². The lowest BCUT2D eigenvalue weighted by Crippen LogP contribution is -2.10. The Bertz CT molecular complexity index is 236. The zero-order chi connectivity index (χ0) is 11.7. The van der Waals surface area contributed by atoms with E-state index < -0.39 is 0 Å². The summed E-state index contributed by atoms with van der Waals surface area (Å²) in [7, 11) is 0. The SMILES string of the molecule is CC=CC(=CCCC)CC(CC)C(C)=O. The molecule has 0 radical (unpaired) electrons. The number of ketones is 1. The minimum atomic E-state index is 0.198. The number of carbonyl (C=O) groups excluding carboxylic acids is 1. The molecular formula is C14H24O. The first-order chi connectivity index (χ1) is 7.15. The Morgan fingerprint density at radius 3 is 2.40 bits per heavy atom. The fourth-order valence-electron chi connectivity index (χ4n) is 1.62. The van der Waals surface area contributed by atoms with E-state index in [-0.39, 0.29) is 5.92 Å². The summed E-state index contributed by atoms with van der Waals surface area (Å²) in [5.74, 6) is 0.508. The molecule has 0 spiro atoms. The van der Waals surface area contributed by atoms with Crippen molar-refractivity contribution in [3.8, 4) is 0 Å². The molecule has 0 aliphatic carbocycles. The Balaban J connectivity index is 4.44. The minimum absolute atomic E-state index is 0.198. The van der Waals surface area contributed by atoms with Gasteiger partial charge in [0, 0.05) is 5.92 Å². The third-order valence-electron chi connectivity index (χ3n) is 2.63. The lowest BCUT2D eigenvalue weighted by molar-refractivity contribution is -0.120. The average Bonchev–Trinajstić information content (AvgIpc) is 2.21. The summed E-state index contributed by atoms with van der Waals surface area (Å²) < 4.78 is 0. The number of hydrogen-bond donors (Lipinski definition) is 0. The van der Waals surface area contributed by atoms with Crippen LogP contribution in [0, 0.1) is 5.92 Å². The van der Waals surface area contributed by atoms with E-state index in [1.54, 1.807) is 6.92 Å². The molecule has 0 heterocycles. The number of Topliss-reactive ketones (excluding diaryl/α,β-unsaturated/α-hetero) is 1. The fourth-order valence-corrected chi connectivity index (χ4v) is 1.62. The van der Waals surface area contributed by atoms with Crippen LogP contribution >= 0.6 is 0 Å². The molecular weight excluding hydrogens is 184 g/mol. The summed E-state index contributed by atoms with van der Waals surface area (Å²) in [6, 6.07) is 0. The maximum atomic E-state index is 11.3. The Labute approximate surface area is 94.3 Å². The number of carbonyl (C=O) groups is 1. The molecule has 0 N–H and O–H groups in total. The highest BCUT2D eigenvalue weighted by Gasteiger charge is 2.12. The third-order valence-corrected chi connectivity index (χ3v) is 2.63. The van der Waals surface area contributed by atoms with E-state index in [4.69, 9.17) is 0 Å². The van der Waals surface area contributed by atoms with Crippen molar-refractivity contribution in [2.75, 3.05) is 0 Å². The second-order valence-corrected chi connectivity index (χ2v) is 3.99. The summed E-state index contributed by atoms with van der Waals surface area (Å²) >= 11 is 0. The van der Waals surface area contributed by atoms with Crippen molar-refractivity contribution in [3.63, 3.8) is 0 Å². The molecule has 86 valence electrons. The molecule has 0 saturated carbocycles. The van der Waals surface area contributed by atoms with Crippen LogP contribution in [0.15, 0.2) is 23.8 Å². The van der Waals surface area contributed by atoms with Gasteiger partial charge >= 0.3 is 0 Å². The van der Waals surface area contributed by atoms with Crippen molar-refractivity contribution in [2.45, 2.75) is 53.4 Å². The third kappa shape index (κ3) is 6.27. The van der Waals surface area contributed by atoms with E-state index in [2.05, 4.69) is 26.0 Å². The van der Waals surface area contributed by atoms with Gasteiger partial charge in [-0.3, -0.25) is 4.79 Å². The van der Waals surface area contributed by atoms with Crippen molar-refractivity contribution in [2.24, 2.45) is 5.92 Å². The fraction of sp³-hybridized carbons (Fsp3) is 0.643. The van der Waals surface area contributed by atoms with Crippen LogP contribution in [-0.4, -0.2) is 5.78 Å². The molecule has 1 unspecified atom stereocenters. The van der Waals surface area contributed by atoms with Gasteiger partial charge in [-0.05, 0) is 33.1 Å². The van der Waals surface area contributed by atoms with Crippen LogP contribution in [0.4, 0.5) is 0 Å². The van der Waals surface area contributed by atoms with Gasteiger partial charge in [-0.15, -0.1) is 0 Å². The van der Waals surface area contributed by atoms with Crippen LogP contribution in [0.1, 0.15) is 53.4 Å². The Morgan fingerprint density at radius 2 is 2.00 bits per heavy atom. The normalized spacial score (nSPS) is 14.5. The zero-order valence-electron chi connectivity index (χ0n) is 10.5. The quantitative estimate of drug-likeness (QED) is 0.570. The second kappa shape index (κ2) is 8.46. The van der Waals surface area contributed by atoms with Crippen molar-refractivity contribution >= 4 is 5.78 Å². The van der Waals surface area contributed by atoms with E-state index in [1.165, 1.54) is 5.57 Å². The summed E-state index contributed by atoms with van der Waals surface area (Å²) in [6.07, 6.45) is 10.5. The van der Waals surface area contributed by atoms with Gasteiger partial charge in [0.25, 0.3) is 0 Å². The van der Waals surface area contributed by atoms with E-state index in [9.17, 15) is 4.79 Å². The number of hydrogen-bond acceptors (Lipinski definition) is 1. The Morgan fingerprint density at radius 1 is 1.33 bits per heavy atom. The molecule has 0 aromatic heterocycles. The molecule has 0 aliphatic rings. The van der Waals surface area contributed by atoms with E-state index in [0.717, 1.165) is 25.7 Å². The molecule has 0 bridgehead atoms. The van der Waals surface area contributed by atoms with Crippen LogP contribution < -0.4 is 0 Å². The van der Waals surface area contributed by atoms with Gasteiger partial charge in [0.05, 0.1) is 0 Å². The van der Waals surface area contributed by atoms with Gasteiger partial charge in [0.15, 0.2) is 0 Å². The monoisotopic (exact) mass is 208 g/mol. The maximum Gasteiger partial charge on any atom is 0.133 e. The highest BCUT2D eigenvalue weighted by Crippen LogP contribution is 2.18. The molecule has 1 heteroatoms. The summed E-state index contributed by atoms with van der Waals surface area (Å²) in [6.45, 7) is 7.97. The lowest BCUT2D eigenvalue weighted by atomic mass is 9.92. The first-order valence-electron chi connectivity index (χ1n) is 5.97. The molecule has 0 fully saturated rings.